The number of nitrogens with one attached hydrogen (secondary N) is 1. The highest BCUT2D eigenvalue weighted by Gasteiger charge is 2.48. The first kappa shape index (κ1) is 23.4. The molecule has 3 amide bonds. The maximum atomic E-state index is 13.0. The van der Waals surface area contributed by atoms with E-state index < -0.39 is 5.97 Å². The second-order valence-corrected chi connectivity index (χ2v) is 8.79. The Bertz CT molecular complexity index is 1150. The van der Waals surface area contributed by atoms with Crippen molar-refractivity contribution in [3.05, 3.63) is 71.3 Å². The molecule has 0 aromatic heterocycles. The highest BCUT2D eigenvalue weighted by molar-refractivity contribution is 6.22. The molecule has 7 heteroatoms. The predicted molar refractivity (Wildman–Crippen MR) is 128 cm³/mol. The number of fused-ring (bicyclic) bond motifs is 1. The van der Waals surface area contributed by atoms with Crippen LogP contribution in [0.1, 0.15) is 60.2 Å². The van der Waals surface area contributed by atoms with Gasteiger partial charge in [0.25, 0.3) is 5.91 Å². The molecule has 0 bridgehead atoms. The molecule has 1 aliphatic heterocycles. The van der Waals surface area contributed by atoms with Gasteiger partial charge in [-0.15, -0.1) is 0 Å². The minimum atomic E-state index is -0.398. The van der Waals surface area contributed by atoms with Crippen molar-refractivity contribution in [1.82, 2.24) is 0 Å². The summed E-state index contributed by atoms with van der Waals surface area (Å²) >= 11 is 0. The van der Waals surface area contributed by atoms with E-state index in [9.17, 15) is 19.2 Å². The summed E-state index contributed by atoms with van der Waals surface area (Å²) in [5, 5.41) is 2.78. The molecule has 176 valence electrons. The molecule has 4 rings (SSSR count). The number of ether oxygens (including phenoxy) is 1. The quantitative estimate of drug-likeness (QED) is 0.279. The Balaban J connectivity index is 1.44. The predicted octanol–water partition coefficient (Wildman–Crippen LogP) is 4.74. The topological polar surface area (TPSA) is 92.8 Å². The second kappa shape index (κ2) is 10.0. The van der Waals surface area contributed by atoms with Gasteiger partial charge in [0.15, 0.2) is 0 Å². The monoisotopic (exact) mass is 460 g/mol. The normalized spacial score (nSPS) is 19.5. The molecule has 2 aromatic carbocycles. The molecular weight excluding hydrogens is 432 g/mol. The molecule has 2 aliphatic rings. The van der Waals surface area contributed by atoms with Crippen LogP contribution in [-0.2, 0) is 14.3 Å². The van der Waals surface area contributed by atoms with E-state index in [-0.39, 0.29) is 29.6 Å². The molecular formula is C27H28N2O5. The van der Waals surface area contributed by atoms with E-state index >= 15 is 0 Å². The molecule has 1 saturated heterocycles. The minimum Gasteiger partial charge on any atom is -0.462 e. The highest BCUT2D eigenvalue weighted by atomic mass is 16.5. The van der Waals surface area contributed by atoms with Crippen LogP contribution in [0.2, 0.25) is 0 Å². The Morgan fingerprint density at radius 3 is 2.50 bits per heavy atom. The van der Waals surface area contributed by atoms with Crippen molar-refractivity contribution in [3.63, 3.8) is 0 Å². The first-order valence-corrected chi connectivity index (χ1v) is 11.6. The van der Waals surface area contributed by atoms with Crippen molar-refractivity contribution in [3.8, 4) is 0 Å². The number of esters is 1. The number of unbranched alkanes of at least 4 members (excludes halogenated alkanes) is 1. The van der Waals surface area contributed by atoms with Crippen LogP contribution in [0.5, 0.6) is 0 Å². The van der Waals surface area contributed by atoms with E-state index in [2.05, 4.69) is 5.32 Å². The van der Waals surface area contributed by atoms with Crippen LogP contribution < -0.4 is 10.2 Å². The third-order valence-electron chi connectivity index (χ3n) is 6.30. The van der Waals surface area contributed by atoms with Gasteiger partial charge in [-0.05, 0) is 68.7 Å². The third-order valence-corrected chi connectivity index (χ3v) is 6.30. The number of nitrogens with zero attached hydrogens (tertiary/aromatic N) is 1. The number of imide groups is 1. The molecule has 0 spiro atoms. The van der Waals surface area contributed by atoms with Crippen LogP contribution >= 0.6 is 0 Å². The number of anilines is 2. The second-order valence-electron chi connectivity index (χ2n) is 8.79. The number of carbonyl (C=O) groups excluding carboxylic acids is 4. The number of hydrogen-bond acceptors (Lipinski definition) is 5. The van der Waals surface area contributed by atoms with Gasteiger partial charge >= 0.3 is 5.97 Å². The average molecular weight is 461 g/mol. The van der Waals surface area contributed by atoms with Gasteiger partial charge in [0, 0.05) is 11.3 Å². The van der Waals surface area contributed by atoms with E-state index in [1.807, 2.05) is 19.9 Å². The van der Waals surface area contributed by atoms with Crippen molar-refractivity contribution in [2.24, 2.45) is 11.8 Å². The SMILES string of the molecule is CCCCOC(=O)c1ccc(NC(=O)c2cccc(N3C(=O)[C@@H]4CC=C(C)C[C@H]4C3=O)c2)cc1. The smallest absolute Gasteiger partial charge is 0.338 e. The van der Waals surface area contributed by atoms with Crippen molar-refractivity contribution in [2.75, 3.05) is 16.8 Å². The molecule has 0 saturated carbocycles. The summed E-state index contributed by atoms with van der Waals surface area (Å²) in [4.78, 5) is 52.0. The maximum absolute atomic E-state index is 13.0. The van der Waals surface area contributed by atoms with Gasteiger partial charge in [-0.1, -0.05) is 31.1 Å². The summed E-state index contributed by atoms with van der Waals surface area (Å²) in [5.74, 6) is -1.86. The van der Waals surface area contributed by atoms with Gasteiger partial charge in [0.2, 0.25) is 11.8 Å². The fraction of sp³-hybridized carbons (Fsp3) is 0.333. The van der Waals surface area contributed by atoms with E-state index in [0.29, 0.717) is 42.0 Å². The Kier molecular flexibility index (Phi) is 6.91. The van der Waals surface area contributed by atoms with Gasteiger partial charge in [-0.25, -0.2) is 4.79 Å². The van der Waals surface area contributed by atoms with Crippen LogP contribution in [0, 0.1) is 11.8 Å². The van der Waals surface area contributed by atoms with Crippen LogP contribution in [0.25, 0.3) is 0 Å². The van der Waals surface area contributed by atoms with Gasteiger partial charge in [0.1, 0.15) is 0 Å². The van der Waals surface area contributed by atoms with E-state index in [0.717, 1.165) is 18.4 Å². The summed E-state index contributed by atoms with van der Waals surface area (Å²) < 4.78 is 5.19. The van der Waals surface area contributed by atoms with Crippen molar-refractivity contribution in [2.45, 2.75) is 39.5 Å². The van der Waals surface area contributed by atoms with Crippen LogP contribution in [0.4, 0.5) is 11.4 Å². The molecule has 7 nitrogen and oxygen atoms in total. The Morgan fingerprint density at radius 2 is 1.76 bits per heavy atom. The minimum absolute atomic E-state index is 0.207. The molecule has 1 N–H and O–H groups in total. The zero-order chi connectivity index (χ0) is 24.2. The van der Waals surface area contributed by atoms with Gasteiger partial charge in [0.05, 0.1) is 29.7 Å². The summed E-state index contributed by atoms with van der Waals surface area (Å²) in [6.45, 7) is 4.37. The van der Waals surface area contributed by atoms with Crippen molar-refractivity contribution >= 4 is 35.1 Å². The molecule has 2 atom stereocenters. The molecule has 1 fully saturated rings. The van der Waals surface area contributed by atoms with E-state index in [1.165, 1.54) is 4.90 Å². The molecule has 1 aliphatic carbocycles. The summed E-state index contributed by atoms with van der Waals surface area (Å²) in [7, 11) is 0. The lowest BCUT2D eigenvalue weighted by molar-refractivity contribution is -0.122. The molecule has 0 unspecified atom stereocenters. The van der Waals surface area contributed by atoms with Crippen LogP contribution in [-0.4, -0.2) is 30.3 Å². The van der Waals surface area contributed by atoms with E-state index in [1.54, 1.807) is 48.5 Å². The third kappa shape index (κ3) is 4.78. The lowest BCUT2D eigenvalue weighted by atomic mass is 9.82. The molecule has 1 heterocycles. The Hall–Kier alpha value is -3.74. The number of rotatable bonds is 7. The first-order chi connectivity index (χ1) is 16.4. The Labute approximate surface area is 198 Å². The largest absolute Gasteiger partial charge is 0.462 e. The molecule has 34 heavy (non-hydrogen) atoms. The fourth-order valence-electron chi connectivity index (χ4n) is 4.36. The number of benzene rings is 2. The lowest BCUT2D eigenvalue weighted by Crippen LogP contribution is -2.31. The van der Waals surface area contributed by atoms with Crippen LogP contribution in [0.3, 0.4) is 0 Å². The van der Waals surface area contributed by atoms with Gasteiger partial charge in [-0.3, -0.25) is 19.3 Å². The first-order valence-electron chi connectivity index (χ1n) is 11.6. The highest BCUT2D eigenvalue weighted by Crippen LogP contribution is 2.39. The number of carbonyl (C=O) groups is 4. The number of allylic oxidation sites excluding steroid dienone is 2. The zero-order valence-corrected chi connectivity index (χ0v) is 19.4. The Morgan fingerprint density at radius 1 is 1.03 bits per heavy atom. The number of amides is 3. The summed E-state index contributed by atoms with van der Waals surface area (Å²) in [6, 6.07) is 13.0. The van der Waals surface area contributed by atoms with Crippen molar-refractivity contribution in [1.29, 1.82) is 0 Å². The zero-order valence-electron chi connectivity index (χ0n) is 19.4. The lowest BCUT2D eigenvalue weighted by Gasteiger charge is -2.18. The molecule has 0 radical (unpaired) electrons. The maximum Gasteiger partial charge on any atom is 0.338 e. The van der Waals surface area contributed by atoms with E-state index in [4.69, 9.17) is 4.74 Å². The van der Waals surface area contributed by atoms with Gasteiger partial charge in [-0.2, -0.15) is 0 Å². The number of hydrogen-bond donors (Lipinski definition) is 1. The van der Waals surface area contributed by atoms with Gasteiger partial charge < -0.3 is 10.1 Å². The summed E-state index contributed by atoms with van der Waals surface area (Å²) in [5.41, 5.74) is 2.78. The standard InChI is InChI=1S/C27H28N2O5/c1-3-4-14-34-27(33)18-9-11-20(12-10-18)28-24(30)19-6-5-7-21(16-19)29-25(31)22-13-8-17(2)15-23(22)26(29)32/h5-12,16,22-23H,3-4,13-15H2,1-2H3,(H,28,30)/t22-,23-/m1/s1. The fourth-order valence-corrected chi connectivity index (χ4v) is 4.36. The van der Waals surface area contributed by atoms with Crippen LogP contribution in [0.15, 0.2) is 60.2 Å². The summed E-state index contributed by atoms with van der Waals surface area (Å²) in [6.07, 6.45) is 4.94. The average Bonchev–Trinajstić information content (AvgIpc) is 3.08. The van der Waals surface area contributed by atoms with Crippen molar-refractivity contribution < 1.29 is 23.9 Å². The molecule has 2 aromatic rings.